The van der Waals surface area contributed by atoms with Crippen LogP contribution in [-0.2, 0) is 10.0 Å². The van der Waals surface area contributed by atoms with Gasteiger partial charge in [-0.3, -0.25) is 4.79 Å². The summed E-state index contributed by atoms with van der Waals surface area (Å²) in [4.78, 5) is 12.6. The lowest BCUT2D eigenvalue weighted by Gasteiger charge is -2.18. The minimum absolute atomic E-state index is 0.0855. The summed E-state index contributed by atoms with van der Waals surface area (Å²) in [6, 6.07) is 12.1. The van der Waals surface area contributed by atoms with Crippen molar-refractivity contribution in [3.8, 4) is 0 Å². The topological polar surface area (TPSA) is 66.5 Å². The Balaban J connectivity index is 2.10. The fourth-order valence-corrected chi connectivity index (χ4v) is 4.20. The summed E-state index contributed by atoms with van der Waals surface area (Å²) >= 11 is 0. The van der Waals surface area contributed by atoms with Crippen LogP contribution in [-0.4, -0.2) is 38.1 Å². The van der Waals surface area contributed by atoms with Crippen molar-refractivity contribution in [1.29, 1.82) is 0 Å². The minimum atomic E-state index is -3.50. The van der Waals surface area contributed by atoms with E-state index < -0.39 is 10.0 Å². The maximum Gasteiger partial charge on any atom is 0.243 e. The Kier molecular flexibility index (Phi) is 6.56. The van der Waals surface area contributed by atoms with Crippen molar-refractivity contribution in [2.24, 2.45) is 0 Å². The highest BCUT2D eigenvalue weighted by atomic mass is 32.2. The molecule has 5 nitrogen and oxygen atoms in total. The Hall–Kier alpha value is -2.18. The summed E-state index contributed by atoms with van der Waals surface area (Å²) in [6.07, 6.45) is 0. The lowest BCUT2D eigenvalue weighted by molar-refractivity contribution is 0.101. The van der Waals surface area contributed by atoms with Gasteiger partial charge < -0.3 is 5.32 Å². The van der Waals surface area contributed by atoms with E-state index in [9.17, 15) is 13.2 Å². The number of rotatable bonds is 8. The van der Waals surface area contributed by atoms with Gasteiger partial charge in [-0.1, -0.05) is 26.0 Å². The number of ketones is 1. The number of nitrogens with one attached hydrogen (secondary N) is 1. The van der Waals surface area contributed by atoms with Crippen LogP contribution in [0, 0.1) is 13.8 Å². The zero-order chi connectivity index (χ0) is 19.3. The van der Waals surface area contributed by atoms with Crippen LogP contribution in [0.4, 0.5) is 5.69 Å². The molecule has 140 valence electrons. The summed E-state index contributed by atoms with van der Waals surface area (Å²) in [7, 11) is -3.50. The first-order valence-electron chi connectivity index (χ1n) is 8.74. The van der Waals surface area contributed by atoms with E-state index in [4.69, 9.17) is 0 Å². The third kappa shape index (κ3) is 4.31. The predicted molar refractivity (Wildman–Crippen MR) is 105 cm³/mol. The monoisotopic (exact) mass is 374 g/mol. The molecule has 0 aliphatic carbocycles. The number of aryl methyl sites for hydroxylation is 1. The summed E-state index contributed by atoms with van der Waals surface area (Å²) < 4.78 is 26.4. The van der Waals surface area contributed by atoms with Gasteiger partial charge in [-0.05, 0) is 55.3 Å². The van der Waals surface area contributed by atoms with E-state index in [1.807, 2.05) is 32.0 Å². The molecular formula is C20H26N2O3S. The summed E-state index contributed by atoms with van der Waals surface area (Å²) in [5, 5.41) is 3.16. The molecule has 0 aromatic heterocycles. The molecule has 0 radical (unpaired) electrons. The van der Waals surface area contributed by atoms with Crippen LogP contribution in [0.5, 0.6) is 0 Å². The van der Waals surface area contributed by atoms with Crippen LogP contribution < -0.4 is 5.32 Å². The molecule has 1 N–H and O–H groups in total. The van der Waals surface area contributed by atoms with E-state index in [-0.39, 0.29) is 17.2 Å². The standard InChI is InChI=1S/C20H26N2O3S/c1-5-22(6-2)26(24,25)18-12-10-17(11-13-18)20(23)14-21-19-9-7-8-15(3)16(19)4/h7-13,21H,5-6,14H2,1-4H3. The lowest BCUT2D eigenvalue weighted by atomic mass is 10.1. The highest BCUT2D eigenvalue weighted by molar-refractivity contribution is 7.89. The predicted octanol–water partition coefficient (Wildman–Crippen LogP) is 3.63. The third-order valence-electron chi connectivity index (χ3n) is 4.56. The summed E-state index contributed by atoms with van der Waals surface area (Å²) in [6.45, 7) is 8.63. The van der Waals surface area contributed by atoms with Gasteiger partial charge in [0, 0.05) is 24.3 Å². The molecule has 0 saturated heterocycles. The second-order valence-electron chi connectivity index (χ2n) is 6.14. The van der Waals surface area contributed by atoms with E-state index in [1.54, 1.807) is 26.0 Å². The zero-order valence-corrected chi connectivity index (χ0v) is 16.6. The van der Waals surface area contributed by atoms with Crippen molar-refractivity contribution in [2.75, 3.05) is 25.0 Å². The number of sulfonamides is 1. The first-order valence-corrected chi connectivity index (χ1v) is 10.2. The molecule has 2 aromatic carbocycles. The Labute approximate surface area is 156 Å². The van der Waals surface area contributed by atoms with E-state index in [0.717, 1.165) is 16.8 Å². The molecule has 0 unspecified atom stereocenters. The van der Waals surface area contributed by atoms with Crippen molar-refractivity contribution in [1.82, 2.24) is 4.31 Å². The van der Waals surface area contributed by atoms with Gasteiger partial charge in [-0.2, -0.15) is 4.31 Å². The van der Waals surface area contributed by atoms with Gasteiger partial charge >= 0.3 is 0 Å². The molecule has 6 heteroatoms. The lowest BCUT2D eigenvalue weighted by Crippen LogP contribution is -2.30. The first kappa shape index (κ1) is 20.1. The van der Waals surface area contributed by atoms with Crippen LogP contribution in [0.15, 0.2) is 47.4 Å². The molecule has 0 heterocycles. The first-order chi connectivity index (χ1) is 12.3. The largest absolute Gasteiger partial charge is 0.377 e. The molecule has 0 aliphatic heterocycles. The average Bonchev–Trinajstić information content (AvgIpc) is 2.63. The van der Waals surface area contributed by atoms with Gasteiger partial charge in [0.15, 0.2) is 5.78 Å². The molecule has 0 fully saturated rings. The minimum Gasteiger partial charge on any atom is -0.377 e. The number of nitrogens with zero attached hydrogens (tertiary/aromatic N) is 1. The van der Waals surface area contributed by atoms with Crippen LogP contribution in [0.3, 0.4) is 0 Å². The van der Waals surface area contributed by atoms with Crippen molar-refractivity contribution in [2.45, 2.75) is 32.6 Å². The smallest absolute Gasteiger partial charge is 0.243 e. The van der Waals surface area contributed by atoms with Crippen LogP contribution in [0.25, 0.3) is 0 Å². The van der Waals surface area contributed by atoms with E-state index in [2.05, 4.69) is 5.32 Å². The number of benzene rings is 2. The van der Waals surface area contributed by atoms with E-state index in [1.165, 1.54) is 16.4 Å². The fourth-order valence-electron chi connectivity index (χ4n) is 2.75. The number of anilines is 1. The van der Waals surface area contributed by atoms with E-state index >= 15 is 0 Å². The molecule has 0 bridgehead atoms. The Morgan fingerprint density at radius 2 is 1.62 bits per heavy atom. The maximum absolute atomic E-state index is 12.5. The van der Waals surface area contributed by atoms with Gasteiger partial charge in [0.1, 0.15) is 0 Å². The molecule has 0 atom stereocenters. The van der Waals surface area contributed by atoms with Gasteiger partial charge in [-0.15, -0.1) is 0 Å². The van der Waals surface area contributed by atoms with Crippen LogP contribution >= 0.6 is 0 Å². The van der Waals surface area contributed by atoms with E-state index in [0.29, 0.717) is 18.7 Å². The number of Topliss-reactive ketones (excluding diaryl/α,β-unsaturated/α-hetero) is 1. The molecule has 0 amide bonds. The number of hydrogen-bond acceptors (Lipinski definition) is 4. The molecule has 2 rings (SSSR count). The highest BCUT2D eigenvalue weighted by Gasteiger charge is 2.21. The Bertz CT molecular complexity index is 870. The second-order valence-corrected chi connectivity index (χ2v) is 8.08. The average molecular weight is 375 g/mol. The summed E-state index contributed by atoms with van der Waals surface area (Å²) in [5.41, 5.74) is 3.69. The molecule has 0 aliphatic rings. The number of hydrogen-bond donors (Lipinski definition) is 1. The van der Waals surface area contributed by atoms with Crippen molar-refractivity contribution < 1.29 is 13.2 Å². The van der Waals surface area contributed by atoms with Crippen molar-refractivity contribution in [3.63, 3.8) is 0 Å². The molecule has 2 aromatic rings. The molecular weight excluding hydrogens is 348 g/mol. The zero-order valence-electron chi connectivity index (χ0n) is 15.7. The third-order valence-corrected chi connectivity index (χ3v) is 6.63. The Morgan fingerprint density at radius 3 is 2.19 bits per heavy atom. The molecule has 0 saturated carbocycles. The fraction of sp³-hybridized carbons (Fsp3) is 0.350. The number of carbonyl (C=O) groups excluding carboxylic acids is 1. The molecule has 0 spiro atoms. The van der Waals surface area contributed by atoms with Crippen LogP contribution in [0.1, 0.15) is 35.3 Å². The van der Waals surface area contributed by atoms with Crippen molar-refractivity contribution >= 4 is 21.5 Å². The van der Waals surface area contributed by atoms with Gasteiger partial charge in [0.25, 0.3) is 0 Å². The number of carbonyl (C=O) groups is 1. The maximum atomic E-state index is 12.5. The van der Waals surface area contributed by atoms with Crippen LogP contribution in [0.2, 0.25) is 0 Å². The summed E-state index contributed by atoms with van der Waals surface area (Å²) in [5.74, 6) is -0.0855. The quantitative estimate of drug-likeness (QED) is 0.717. The Morgan fingerprint density at radius 1 is 1.00 bits per heavy atom. The molecule has 26 heavy (non-hydrogen) atoms. The highest BCUT2D eigenvalue weighted by Crippen LogP contribution is 2.19. The van der Waals surface area contributed by atoms with Gasteiger partial charge in [0.2, 0.25) is 10.0 Å². The van der Waals surface area contributed by atoms with Gasteiger partial charge in [0.05, 0.1) is 11.4 Å². The second kappa shape index (κ2) is 8.47. The normalized spacial score (nSPS) is 11.6. The van der Waals surface area contributed by atoms with Gasteiger partial charge in [-0.25, -0.2) is 8.42 Å². The SMILES string of the molecule is CCN(CC)S(=O)(=O)c1ccc(C(=O)CNc2cccc(C)c2C)cc1. The van der Waals surface area contributed by atoms with Crippen molar-refractivity contribution in [3.05, 3.63) is 59.2 Å².